The van der Waals surface area contributed by atoms with Gasteiger partial charge in [-0.3, -0.25) is 0 Å². The Bertz CT molecular complexity index is 3470. The van der Waals surface area contributed by atoms with Crippen LogP contribution in [0.25, 0.3) is 118 Å². The van der Waals surface area contributed by atoms with E-state index in [-0.39, 0.29) is 0 Å². The van der Waals surface area contributed by atoms with E-state index < -0.39 is 0 Å². The number of benzene rings is 10. The Kier molecular flexibility index (Phi) is 5.71. The second-order valence-corrected chi connectivity index (χ2v) is 15.1. The highest BCUT2D eigenvalue weighted by molar-refractivity contribution is 7.25. The number of hydrogen-bond acceptors (Lipinski definition) is 2. The predicted octanol–water partition coefficient (Wildman–Crippen LogP) is 15.1. The molecule has 0 fully saturated rings. The molecule has 0 radical (unpaired) electrons. The Labute approximate surface area is 302 Å². The predicted molar refractivity (Wildman–Crippen MR) is 225 cm³/mol. The number of thiophene rings is 1. The van der Waals surface area contributed by atoms with E-state index in [4.69, 9.17) is 4.42 Å². The molecule has 0 atom stereocenters. The molecule has 240 valence electrons. The standard InChI is InChI=1S/C50H28OS/c1-2-8-30-24-36-25-31(13-14-32(36)23-29(30)7-1)34-16-21-47-44(27-34)45-28-35(17-22-48(45)52-47)33-15-18-41-43(26-33)38-10-4-3-9-37(38)40-19-20-42-39-11-5-6-12-46(39)51-50(42)49(40)41/h1-28H. The number of para-hydroxylation sites is 1. The first-order valence-corrected chi connectivity index (χ1v) is 18.6. The van der Waals surface area contributed by atoms with Gasteiger partial charge in [0.05, 0.1) is 0 Å². The van der Waals surface area contributed by atoms with Gasteiger partial charge in [0.1, 0.15) is 11.2 Å². The summed E-state index contributed by atoms with van der Waals surface area (Å²) in [6.45, 7) is 0. The van der Waals surface area contributed by atoms with Gasteiger partial charge in [-0.15, -0.1) is 11.3 Å². The zero-order chi connectivity index (χ0) is 33.9. The van der Waals surface area contributed by atoms with E-state index in [1.165, 1.54) is 96.3 Å². The minimum absolute atomic E-state index is 0.927. The molecule has 2 heteroatoms. The van der Waals surface area contributed by atoms with E-state index >= 15 is 0 Å². The molecule has 10 aromatic carbocycles. The third-order valence-electron chi connectivity index (χ3n) is 11.2. The first-order chi connectivity index (χ1) is 25.7. The molecule has 2 aromatic heterocycles. The molecule has 0 saturated carbocycles. The highest BCUT2D eigenvalue weighted by Crippen LogP contribution is 2.44. The summed E-state index contributed by atoms with van der Waals surface area (Å²) in [6.07, 6.45) is 0. The monoisotopic (exact) mass is 676 g/mol. The summed E-state index contributed by atoms with van der Waals surface area (Å²) in [6, 6.07) is 62.7. The molecule has 0 aliphatic heterocycles. The van der Waals surface area contributed by atoms with Gasteiger partial charge in [0.15, 0.2) is 0 Å². The van der Waals surface area contributed by atoms with Crippen LogP contribution in [0.2, 0.25) is 0 Å². The van der Waals surface area contributed by atoms with Gasteiger partial charge in [-0.1, -0.05) is 109 Å². The van der Waals surface area contributed by atoms with E-state index in [1.807, 2.05) is 17.4 Å². The Hall–Kier alpha value is -6.48. The van der Waals surface area contributed by atoms with E-state index in [0.29, 0.717) is 0 Å². The lowest BCUT2D eigenvalue weighted by Gasteiger charge is -2.12. The van der Waals surface area contributed by atoms with E-state index in [1.54, 1.807) is 0 Å². The molecule has 12 rings (SSSR count). The molecule has 12 aromatic rings. The van der Waals surface area contributed by atoms with Crippen LogP contribution >= 0.6 is 11.3 Å². The van der Waals surface area contributed by atoms with E-state index in [2.05, 4.69) is 164 Å². The molecule has 0 amide bonds. The summed E-state index contributed by atoms with van der Waals surface area (Å²) >= 11 is 1.87. The fourth-order valence-corrected chi connectivity index (χ4v) is 9.72. The average molecular weight is 677 g/mol. The Balaban J connectivity index is 1.03. The summed E-state index contributed by atoms with van der Waals surface area (Å²) in [5, 5.41) is 17.4. The molecule has 1 nitrogen and oxygen atoms in total. The first-order valence-electron chi connectivity index (χ1n) is 17.8. The van der Waals surface area contributed by atoms with Gasteiger partial charge in [0, 0.05) is 36.3 Å². The van der Waals surface area contributed by atoms with E-state index in [0.717, 1.165) is 21.9 Å². The summed E-state index contributed by atoms with van der Waals surface area (Å²) < 4.78 is 9.22. The lowest BCUT2D eigenvalue weighted by molar-refractivity contribution is 0.673. The van der Waals surface area contributed by atoms with Gasteiger partial charge >= 0.3 is 0 Å². The largest absolute Gasteiger partial charge is 0.455 e. The molecule has 0 unspecified atom stereocenters. The molecular formula is C50H28OS. The Morgan fingerprint density at radius 3 is 1.56 bits per heavy atom. The zero-order valence-corrected chi connectivity index (χ0v) is 28.8. The number of rotatable bonds is 2. The summed E-state index contributed by atoms with van der Waals surface area (Å²) in [7, 11) is 0. The van der Waals surface area contributed by atoms with Crippen LogP contribution < -0.4 is 0 Å². The van der Waals surface area contributed by atoms with Crippen molar-refractivity contribution in [1.29, 1.82) is 0 Å². The van der Waals surface area contributed by atoms with Gasteiger partial charge in [-0.25, -0.2) is 0 Å². The molecule has 0 saturated heterocycles. The van der Waals surface area contributed by atoms with Gasteiger partial charge in [0.25, 0.3) is 0 Å². The lowest BCUT2D eigenvalue weighted by atomic mass is 9.91. The van der Waals surface area contributed by atoms with Crippen LogP contribution in [0.1, 0.15) is 0 Å². The van der Waals surface area contributed by atoms with Crippen LogP contribution in [0.5, 0.6) is 0 Å². The lowest BCUT2D eigenvalue weighted by Crippen LogP contribution is -1.86. The maximum Gasteiger partial charge on any atom is 0.143 e. The molecule has 0 aliphatic carbocycles. The highest BCUT2D eigenvalue weighted by Gasteiger charge is 2.17. The average Bonchev–Trinajstić information content (AvgIpc) is 3.77. The van der Waals surface area contributed by atoms with Crippen LogP contribution in [0.3, 0.4) is 0 Å². The highest BCUT2D eigenvalue weighted by atomic mass is 32.1. The molecule has 0 spiro atoms. The second kappa shape index (κ2) is 10.5. The fraction of sp³-hybridized carbons (Fsp3) is 0. The normalized spacial score (nSPS) is 12.2. The maximum absolute atomic E-state index is 6.60. The van der Waals surface area contributed by atoms with Gasteiger partial charge < -0.3 is 4.42 Å². The minimum atomic E-state index is 0.927. The summed E-state index contributed by atoms with van der Waals surface area (Å²) in [5.41, 5.74) is 6.82. The summed E-state index contributed by atoms with van der Waals surface area (Å²) in [5.74, 6) is 0. The Morgan fingerprint density at radius 2 is 0.808 bits per heavy atom. The summed E-state index contributed by atoms with van der Waals surface area (Å²) in [4.78, 5) is 0. The molecule has 52 heavy (non-hydrogen) atoms. The minimum Gasteiger partial charge on any atom is -0.455 e. The van der Waals surface area contributed by atoms with Crippen molar-refractivity contribution in [2.45, 2.75) is 0 Å². The molecule has 0 bridgehead atoms. The van der Waals surface area contributed by atoms with Gasteiger partial charge in [0.2, 0.25) is 0 Å². The molecule has 0 N–H and O–H groups in total. The maximum atomic E-state index is 6.60. The smallest absolute Gasteiger partial charge is 0.143 e. The van der Waals surface area contributed by atoms with Crippen molar-refractivity contribution in [2.75, 3.05) is 0 Å². The van der Waals surface area contributed by atoms with Gasteiger partial charge in [-0.05, 0) is 131 Å². The van der Waals surface area contributed by atoms with Crippen molar-refractivity contribution in [3.8, 4) is 22.3 Å². The number of furan rings is 1. The zero-order valence-electron chi connectivity index (χ0n) is 28.0. The van der Waals surface area contributed by atoms with Crippen molar-refractivity contribution < 1.29 is 4.42 Å². The van der Waals surface area contributed by atoms with Crippen molar-refractivity contribution in [3.63, 3.8) is 0 Å². The van der Waals surface area contributed by atoms with Crippen LogP contribution in [-0.4, -0.2) is 0 Å². The third-order valence-corrected chi connectivity index (χ3v) is 12.3. The molecule has 0 aliphatic rings. The van der Waals surface area contributed by atoms with Gasteiger partial charge in [-0.2, -0.15) is 0 Å². The van der Waals surface area contributed by atoms with Crippen LogP contribution in [0.4, 0.5) is 0 Å². The van der Waals surface area contributed by atoms with Crippen molar-refractivity contribution in [1.82, 2.24) is 0 Å². The van der Waals surface area contributed by atoms with E-state index in [9.17, 15) is 0 Å². The third kappa shape index (κ3) is 4.04. The topological polar surface area (TPSA) is 13.1 Å². The Morgan fingerprint density at radius 1 is 0.308 bits per heavy atom. The first kappa shape index (κ1) is 28.2. The molecule has 2 heterocycles. The van der Waals surface area contributed by atoms with Crippen LogP contribution in [-0.2, 0) is 0 Å². The van der Waals surface area contributed by atoms with Crippen LogP contribution in [0, 0.1) is 0 Å². The SMILES string of the molecule is c1ccc2cc3cc(-c4ccc5sc6ccc(-c7ccc8c(c7)c7ccccc7c7ccc9c%10ccccc%10oc9c78)cc6c5c4)ccc3cc2c1. The van der Waals surface area contributed by atoms with Crippen molar-refractivity contribution in [3.05, 3.63) is 170 Å². The fourth-order valence-electron chi connectivity index (χ4n) is 8.65. The number of fused-ring (bicyclic) bond motifs is 15. The molecular weight excluding hydrogens is 649 g/mol. The van der Waals surface area contributed by atoms with Crippen molar-refractivity contribution >= 4 is 107 Å². The number of hydrogen-bond donors (Lipinski definition) is 0. The van der Waals surface area contributed by atoms with Crippen LogP contribution in [0.15, 0.2) is 174 Å². The second-order valence-electron chi connectivity index (χ2n) is 14.1. The quantitative estimate of drug-likeness (QED) is 0.131. The van der Waals surface area contributed by atoms with Crippen molar-refractivity contribution in [2.24, 2.45) is 0 Å².